The van der Waals surface area contributed by atoms with E-state index in [1.807, 2.05) is 11.9 Å². The van der Waals surface area contributed by atoms with Gasteiger partial charge >= 0.3 is 0 Å². The molecule has 0 aliphatic carbocycles. The van der Waals surface area contributed by atoms with E-state index in [2.05, 4.69) is 24.2 Å². The molecule has 1 heterocycles. The van der Waals surface area contributed by atoms with Gasteiger partial charge in [0.05, 0.1) is 6.54 Å². The number of nitrogens with zero attached hydrogens (tertiary/aromatic N) is 2. The van der Waals surface area contributed by atoms with E-state index in [1.165, 1.54) is 6.42 Å². The molecule has 0 aromatic rings. The van der Waals surface area contributed by atoms with E-state index >= 15 is 0 Å². The van der Waals surface area contributed by atoms with Gasteiger partial charge in [-0.15, -0.1) is 0 Å². The van der Waals surface area contributed by atoms with Gasteiger partial charge in [0, 0.05) is 19.6 Å². The highest BCUT2D eigenvalue weighted by Crippen LogP contribution is 2.17. The Balaban J connectivity index is 2.26. The third kappa shape index (κ3) is 4.10. The molecule has 0 spiro atoms. The van der Waals surface area contributed by atoms with Crippen molar-refractivity contribution in [2.75, 3.05) is 46.8 Å². The van der Waals surface area contributed by atoms with Crippen molar-refractivity contribution >= 4 is 5.91 Å². The average molecular weight is 227 g/mol. The Labute approximate surface area is 99.0 Å². The lowest BCUT2D eigenvalue weighted by Crippen LogP contribution is -2.36. The van der Waals surface area contributed by atoms with Crippen molar-refractivity contribution in [2.45, 2.75) is 19.8 Å². The van der Waals surface area contributed by atoms with Gasteiger partial charge in [-0.1, -0.05) is 6.92 Å². The van der Waals surface area contributed by atoms with Gasteiger partial charge in [-0.2, -0.15) is 0 Å². The van der Waals surface area contributed by atoms with Crippen molar-refractivity contribution in [3.63, 3.8) is 0 Å². The average Bonchev–Trinajstić information content (AvgIpc) is 2.67. The predicted octanol–water partition coefficient (Wildman–Crippen LogP) is 0.396. The molecule has 1 atom stereocenters. The van der Waals surface area contributed by atoms with Crippen LogP contribution in [-0.2, 0) is 4.79 Å². The Morgan fingerprint density at radius 3 is 2.94 bits per heavy atom. The highest BCUT2D eigenvalue weighted by molar-refractivity contribution is 5.78. The molecule has 1 saturated heterocycles. The summed E-state index contributed by atoms with van der Waals surface area (Å²) < 4.78 is 0. The number of carbonyl (C=O) groups is 1. The zero-order valence-electron chi connectivity index (χ0n) is 10.8. The maximum absolute atomic E-state index is 11.7. The molecule has 1 aliphatic heterocycles. The second-order valence-corrected chi connectivity index (χ2v) is 4.79. The van der Waals surface area contributed by atoms with Crippen LogP contribution in [0.1, 0.15) is 19.8 Å². The first-order valence-corrected chi connectivity index (χ1v) is 6.28. The monoisotopic (exact) mass is 227 g/mol. The molecule has 0 aromatic carbocycles. The van der Waals surface area contributed by atoms with Crippen LogP contribution in [0.3, 0.4) is 0 Å². The largest absolute Gasteiger partial charge is 0.341 e. The van der Waals surface area contributed by atoms with Crippen molar-refractivity contribution < 1.29 is 4.79 Å². The molecule has 1 amide bonds. The molecule has 0 saturated carbocycles. The molecule has 0 radical (unpaired) electrons. The Morgan fingerprint density at radius 2 is 2.31 bits per heavy atom. The van der Waals surface area contributed by atoms with Crippen molar-refractivity contribution in [3.8, 4) is 0 Å². The van der Waals surface area contributed by atoms with Crippen LogP contribution in [-0.4, -0.2) is 62.5 Å². The van der Waals surface area contributed by atoms with E-state index in [0.29, 0.717) is 12.5 Å². The van der Waals surface area contributed by atoms with Gasteiger partial charge in [0.25, 0.3) is 0 Å². The highest BCUT2D eigenvalue weighted by atomic mass is 16.2. The third-order valence-electron chi connectivity index (χ3n) is 3.14. The quantitative estimate of drug-likeness (QED) is 0.713. The fourth-order valence-electron chi connectivity index (χ4n) is 2.39. The second-order valence-electron chi connectivity index (χ2n) is 4.79. The Hall–Kier alpha value is -0.610. The van der Waals surface area contributed by atoms with Gasteiger partial charge < -0.3 is 15.1 Å². The molecule has 1 fully saturated rings. The standard InChI is InChI=1S/C12H25N3O/c1-4-6-14(3)9-11-5-7-15(10-11)12(16)8-13-2/h11,13H,4-10H2,1-3H3. The van der Waals surface area contributed by atoms with E-state index in [4.69, 9.17) is 0 Å². The minimum Gasteiger partial charge on any atom is -0.341 e. The number of likely N-dealkylation sites (tertiary alicyclic amines) is 1. The number of hydrogen-bond donors (Lipinski definition) is 1. The van der Waals surface area contributed by atoms with Gasteiger partial charge in [-0.3, -0.25) is 4.79 Å². The predicted molar refractivity (Wildman–Crippen MR) is 66.4 cm³/mol. The van der Waals surface area contributed by atoms with Crippen LogP contribution in [0.15, 0.2) is 0 Å². The lowest BCUT2D eigenvalue weighted by atomic mass is 10.1. The molecule has 1 rings (SSSR count). The molecule has 16 heavy (non-hydrogen) atoms. The summed E-state index contributed by atoms with van der Waals surface area (Å²) in [7, 11) is 3.99. The minimum absolute atomic E-state index is 0.239. The third-order valence-corrected chi connectivity index (χ3v) is 3.14. The van der Waals surface area contributed by atoms with Gasteiger partial charge in [0.1, 0.15) is 0 Å². The summed E-state index contributed by atoms with van der Waals surface area (Å²) in [5.41, 5.74) is 0. The van der Waals surface area contributed by atoms with Gasteiger partial charge in [-0.25, -0.2) is 0 Å². The van der Waals surface area contributed by atoms with Gasteiger partial charge in [-0.05, 0) is 39.4 Å². The summed E-state index contributed by atoms with van der Waals surface area (Å²) in [5, 5.41) is 2.92. The molecule has 0 aromatic heterocycles. The van der Waals surface area contributed by atoms with Crippen LogP contribution in [0.2, 0.25) is 0 Å². The Bertz CT molecular complexity index is 220. The molecule has 1 aliphatic rings. The Morgan fingerprint density at radius 1 is 1.56 bits per heavy atom. The molecule has 1 unspecified atom stereocenters. The maximum Gasteiger partial charge on any atom is 0.236 e. The molecule has 1 N–H and O–H groups in total. The molecule has 4 heteroatoms. The van der Waals surface area contributed by atoms with Crippen LogP contribution < -0.4 is 5.32 Å². The summed E-state index contributed by atoms with van der Waals surface area (Å²) in [6.45, 7) is 6.82. The Kier molecular flexibility index (Phi) is 5.77. The van der Waals surface area contributed by atoms with E-state index in [1.54, 1.807) is 0 Å². The summed E-state index contributed by atoms with van der Waals surface area (Å²) in [5.74, 6) is 0.903. The number of amides is 1. The van der Waals surface area contributed by atoms with Crippen LogP contribution >= 0.6 is 0 Å². The molecule has 0 bridgehead atoms. The molecular formula is C12H25N3O. The van der Waals surface area contributed by atoms with Crippen molar-refractivity contribution in [1.29, 1.82) is 0 Å². The van der Waals surface area contributed by atoms with E-state index in [9.17, 15) is 4.79 Å². The first kappa shape index (κ1) is 13.5. The van der Waals surface area contributed by atoms with Crippen molar-refractivity contribution in [2.24, 2.45) is 5.92 Å². The number of hydrogen-bond acceptors (Lipinski definition) is 3. The van der Waals surface area contributed by atoms with E-state index in [0.717, 1.165) is 32.6 Å². The summed E-state index contributed by atoms with van der Waals surface area (Å²) >= 11 is 0. The summed E-state index contributed by atoms with van der Waals surface area (Å²) in [4.78, 5) is 16.0. The smallest absolute Gasteiger partial charge is 0.236 e. The number of likely N-dealkylation sites (N-methyl/N-ethyl adjacent to an activating group) is 1. The molecule has 94 valence electrons. The molecule has 4 nitrogen and oxygen atoms in total. The van der Waals surface area contributed by atoms with Crippen molar-refractivity contribution in [3.05, 3.63) is 0 Å². The lowest BCUT2D eigenvalue weighted by Gasteiger charge is -2.21. The number of nitrogens with one attached hydrogen (secondary N) is 1. The first-order chi connectivity index (χ1) is 7.67. The lowest BCUT2D eigenvalue weighted by molar-refractivity contribution is -0.129. The van der Waals surface area contributed by atoms with E-state index in [-0.39, 0.29) is 5.91 Å². The van der Waals surface area contributed by atoms with E-state index < -0.39 is 0 Å². The van der Waals surface area contributed by atoms with Crippen molar-refractivity contribution in [1.82, 2.24) is 15.1 Å². The zero-order chi connectivity index (χ0) is 12.0. The van der Waals surface area contributed by atoms with Crippen LogP contribution in [0.5, 0.6) is 0 Å². The van der Waals surface area contributed by atoms with Gasteiger partial charge in [0.2, 0.25) is 5.91 Å². The van der Waals surface area contributed by atoms with Crippen LogP contribution in [0, 0.1) is 5.92 Å². The van der Waals surface area contributed by atoms with Crippen LogP contribution in [0.25, 0.3) is 0 Å². The molecular weight excluding hydrogens is 202 g/mol. The van der Waals surface area contributed by atoms with Crippen LogP contribution in [0.4, 0.5) is 0 Å². The first-order valence-electron chi connectivity index (χ1n) is 6.28. The minimum atomic E-state index is 0.239. The highest BCUT2D eigenvalue weighted by Gasteiger charge is 2.26. The zero-order valence-corrected chi connectivity index (χ0v) is 10.8. The summed E-state index contributed by atoms with van der Waals surface area (Å²) in [6, 6.07) is 0. The number of carbonyl (C=O) groups excluding carboxylic acids is 1. The normalized spacial score (nSPS) is 20.8. The number of rotatable bonds is 6. The van der Waals surface area contributed by atoms with Gasteiger partial charge in [0.15, 0.2) is 0 Å². The summed E-state index contributed by atoms with van der Waals surface area (Å²) in [6.07, 6.45) is 2.36. The fourth-order valence-corrected chi connectivity index (χ4v) is 2.39. The second kappa shape index (κ2) is 6.86. The maximum atomic E-state index is 11.7. The SMILES string of the molecule is CCCN(C)CC1CCN(C(=O)CNC)C1. The topological polar surface area (TPSA) is 35.6 Å². The fraction of sp³-hybridized carbons (Fsp3) is 0.917.